The molecule has 0 radical (unpaired) electrons. The third kappa shape index (κ3) is 5.17. The molecule has 5 rings (SSSR count). The Morgan fingerprint density at radius 3 is 2.56 bits per heavy atom. The molecule has 0 saturated carbocycles. The lowest BCUT2D eigenvalue weighted by Crippen LogP contribution is -2.54. The number of aryl methyl sites for hydroxylation is 1. The highest BCUT2D eigenvalue weighted by Crippen LogP contribution is 2.40. The first kappa shape index (κ1) is 31.5. The van der Waals surface area contributed by atoms with Crippen LogP contribution in [0.15, 0.2) is 41.8 Å². The number of halogens is 4. The number of rotatable bonds is 5. The first-order chi connectivity index (χ1) is 21.3. The molecule has 1 fully saturated rings. The second-order valence-corrected chi connectivity index (χ2v) is 11.6. The number of nitrogen functional groups attached to an aromatic ring is 1. The molecule has 13 heteroatoms. The Hall–Kier alpha value is -4.89. The number of nitrogens with two attached hydrogens (primary N) is 1. The lowest BCUT2D eigenvalue weighted by Gasteiger charge is -2.41. The molecule has 4 aromatic rings. The van der Waals surface area contributed by atoms with Gasteiger partial charge in [0, 0.05) is 42.8 Å². The standard InChI is InChI=1S/C32H29ClF3N7O2/c1-6-23(44)42-10-9-41(14-17(42)5)30-19-11-21(33)28(18-12-22(34)24(35)25(36)26(18)38)40-31(19)43(32(45)20(30)13-37)29-16(4)7-8-39-27(29)15(2)3/h6-8,11-12,15,17H,1,9-10,14,38H2,2-5H3. The van der Waals surface area contributed by atoms with Crippen LogP contribution in [0.1, 0.15) is 43.5 Å². The summed E-state index contributed by atoms with van der Waals surface area (Å²) in [4.78, 5) is 39.4. The minimum Gasteiger partial charge on any atom is -0.396 e. The van der Waals surface area contributed by atoms with Gasteiger partial charge in [-0.3, -0.25) is 19.1 Å². The van der Waals surface area contributed by atoms with E-state index in [4.69, 9.17) is 17.3 Å². The Kier molecular flexibility index (Phi) is 8.33. The van der Waals surface area contributed by atoms with Crippen LogP contribution in [0, 0.1) is 35.7 Å². The summed E-state index contributed by atoms with van der Waals surface area (Å²) in [5, 5.41) is 10.6. The van der Waals surface area contributed by atoms with Crippen LogP contribution >= 0.6 is 11.6 Å². The van der Waals surface area contributed by atoms with E-state index in [-0.39, 0.29) is 76.1 Å². The summed E-state index contributed by atoms with van der Waals surface area (Å²) in [7, 11) is 0. The highest BCUT2D eigenvalue weighted by Gasteiger charge is 2.32. The van der Waals surface area contributed by atoms with Gasteiger partial charge in [0.25, 0.3) is 5.56 Å². The zero-order valence-corrected chi connectivity index (χ0v) is 25.7. The smallest absolute Gasteiger partial charge is 0.276 e. The average Bonchev–Trinajstić information content (AvgIpc) is 3.01. The largest absolute Gasteiger partial charge is 0.396 e. The fourth-order valence-electron chi connectivity index (χ4n) is 5.79. The molecule has 2 N–H and O–H groups in total. The van der Waals surface area contributed by atoms with Crippen molar-refractivity contribution in [2.24, 2.45) is 0 Å². The van der Waals surface area contributed by atoms with Gasteiger partial charge in [0.05, 0.1) is 33.5 Å². The van der Waals surface area contributed by atoms with Crippen LogP contribution in [-0.2, 0) is 4.79 Å². The first-order valence-corrected chi connectivity index (χ1v) is 14.5. The van der Waals surface area contributed by atoms with E-state index >= 15 is 0 Å². The summed E-state index contributed by atoms with van der Waals surface area (Å²) < 4.78 is 44.3. The monoisotopic (exact) mass is 635 g/mol. The molecule has 1 aromatic carbocycles. The molecule has 0 aliphatic carbocycles. The molecule has 3 aromatic heterocycles. The summed E-state index contributed by atoms with van der Waals surface area (Å²) >= 11 is 6.70. The number of anilines is 2. The molecule has 9 nitrogen and oxygen atoms in total. The zero-order chi connectivity index (χ0) is 32.9. The quantitative estimate of drug-likeness (QED) is 0.171. The summed E-state index contributed by atoms with van der Waals surface area (Å²) in [5.41, 5.74) is 5.54. The molecule has 45 heavy (non-hydrogen) atoms. The molecule has 1 saturated heterocycles. The summed E-state index contributed by atoms with van der Waals surface area (Å²) in [6.45, 7) is 11.8. The minimum atomic E-state index is -1.75. The average molecular weight is 636 g/mol. The first-order valence-electron chi connectivity index (χ1n) is 14.1. The van der Waals surface area contributed by atoms with Crippen molar-refractivity contribution in [2.45, 2.75) is 39.7 Å². The van der Waals surface area contributed by atoms with E-state index in [1.807, 2.05) is 25.7 Å². The van der Waals surface area contributed by atoms with Crippen LogP contribution in [0.5, 0.6) is 0 Å². The molecule has 232 valence electrons. The van der Waals surface area contributed by atoms with Gasteiger partial charge in [-0.25, -0.2) is 18.2 Å². The predicted molar refractivity (Wildman–Crippen MR) is 167 cm³/mol. The number of nitrogens with zero attached hydrogens (tertiary/aromatic N) is 6. The Labute approximate surface area is 262 Å². The molecule has 4 heterocycles. The topological polar surface area (TPSA) is 121 Å². The molecule has 1 aliphatic heterocycles. The molecule has 1 atom stereocenters. The fourth-order valence-corrected chi connectivity index (χ4v) is 6.04. The Balaban J connectivity index is 1.91. The SMILES string of the molecule is C=CC(=O)N1CCN(c2c(C#N)c(=O)n(-c3c(C)ccnc3C(C)C)c3nc(-c4cc(F)c(F)c(F)c4N)c(Cl)cc23)CC1C. The van der Waals surface area contributed by atoms with E-state index in [1.54, 1.807) is 24.1 Å². The van der Waals surface area contributed by atoms with Crippen molar-refractivity contribution in [1.29, 1.82) is 5.26 Å². The second kappa shape index (κ2) is 11.9. The van der Waals surface area contributed by atoms with Crippen LogP contribution in [0.25, 0.3) is 28.0 Å². The number of carbonyl (C=O) groups excluding carboxylic acids is 1. The Bertz CT molecular complexity index is 2000. The molecule has 1 amide bonds. The maximum absolute atomic E-state index is 14.6. The number of fused-ring (bicyclic) bond motifs is 1. The van der Waals surface area contributed by atoms with Crippen LogP contribution in [-0.4, -0.2) is 51.0 Å². The summed E-state index contributed by atoms with van der Waals surface area (Å²) in [6, 6.07) is 5.59. The molecule has 1 aliphatic rings. The van der Waals surface area contributed by atoms with Gasteiger partial charge >= 0.3 is 0 Å². The zero-order valence-electron chi connectivity index (χ0n) is 25.0. The second-order valence-electron chi connectivity index (χ2n) is 11.2. The van der Waals surface area contributed by atoms with Crippen molar-refractivity contribution < 1.29 is 18.0 Å². The number of amides is 1. The van der Waals surface area contributed by atoms with E-state index in [1.165, 1.54) is 16.7 Å². The number of hydrogen-bond acceptors (Lipinski definition) is 7. The number of benzene rings is 1. The third-order valence-corrected chi connectivity index (χ3v) is 8.26. The predicted octanol–water partition coefficient (Wildman–Crippen LogP) is 5.63. The highest BCUT2D eigenvalue weighted by molar-refractivity contribution is 6.34. The van der Waals surface area contributed by atoms with E-state index in [9.17, 15) is 28.0 Å². The lowest BCUT2D eigenvalue weighted by atomic mass is 10.0. The molecular weight excluding hydrogens is 607 g/mol. The van der Waals surface area contributed by atoms with Gasteiger partial charge in [-0.05, 0) is 49.6 Å². The highest BCUT2D eigenvalue weighted by atomic mass is 35.5. The lowest BCUT2D eigenvalue weighted by molar-refractivity contribution is -0.128. The Morgan fingerprint density at radius 1 is 1.22 bits per heavy atom. The van der Waals surface area contributed by atoms with Crippen molar-refractivity contribution in [3.05, 3.63) is 86.7 Å². The number of piperazine rings is 1. The van der Waals surface area contributed by atoms with E-state index < -0.39 is 28.7 Å². The molecule has 1 unspecified atom stereocenters. The van der Waals surface area contributed by atoms with Crippen molar-refractivity contribution in [3.8, 4) is 23.0 Å². The van der Waals surface area contributed by atoms with Crippen molar-refractivity contribution in [3.63, 3.8) is 0 Å². The van der Waals surface area contributed by atoms with Gasteiger partial charge in [0.15, 0.2) is 17.5 Å². The molecule has 0 spiro atoms. The van der Waals surface area contributed by atoms with Crippen LogP contribution in [0.2, 0.25) is 5.02 Å². The van der Waals surface area contributed by atoms with Crippen LogP contribution < -0.4 is 16.2 Å². The number of pyridine rings is 3. The minimum absolute atomic E-state index is 0.00759. The van der Waals surface area contributed by atoms with E-state index in [0.29, 0.717) is 23.0 Å². The third-order valence-electron chi connectivity index (χ3n) is 7.97. The van der Waals surface area contributed by atoms with Gasteiger partial charge in [0.2, 0.25) is 5.91 Å². The van der Waals surface area contributed by atoms with Gasteiger partial charge in [0.1, 0.15) is 17.3 Å². The summed E-state index contributed by atoms with van der Waals surface area (Å²) in [6.07, 6.45) is 2.83. The van der Waals surface area contributed by atoms with Crippen LogP contribution in [0.4, 0.5) is 24.5 Å². The normalized spacial score (nSPS) is 15.1. The van der Waals surface area contributed by atoms with Crippen molar-refractivity contribution >= 4 is 39.9 Å². The number of hydrogen-bond donors (Lipinski definition) is 1. The number of nitriles is 1. The van der Waals surface area contributed by atoms with Crippen molar-refractivity contribution in [1.82, 2.24) is 19.4 Å². The van der Waals surface area contributed by atoms with E-state index in [2.05, 4.69) is 22.6 Å². The van der Waals surface area contributed by atoms with Gasteiger partial charge < -0.3 is 15.5 Å². The van der Waals surface area contributed by atoms with Crippen LogP contribution in [0.3, 0.4) is 0 Å². The fraction of sp³-hybridized carbons (Fsp3) is 0.281. The Morgan fingerprint density at radius 2 is 1.93 bits per heavy atom. The van der Waals surface area contributed by atoms with Gasteiger partial charge in [-0.1, -0.05) is 32.0 Å². The molecule has 0 bridgehead atoms. The number of aromatic nitrogens is 3. The number of carbonyl (C=O) groups is 1. The molecular formula is C32H29ClF3N7O2. The maximum atomic E-state index is 14.6. The van der Waals surface area contributed by atoms with E-state index in [0.717, 1.165) is 0 Å². The van der Waals surface area contributed by atoms with Gasteiger partial charge in [-0.2, -0.15) is 5.26 Å². The van der Waals surface area contributed by atoms with Crippen molar-refractivity contribution in [2.75, 3.05) is 30.3 Å². The van der Waals surface area contributed by atoms with Gasteiger partial charge in [-0.15, -0.1) is 0 Å². The maximum Gasteiger partial charge on any atom is 0.276 e. The summed E-state index contributed by atoms with van der Waals surface area (Å²) in [5.74, 6) is -5.26.